The van der Waals surface area contributed by atoms with E-state index in [-0.39, 0.29) is 18.2 Å². The van der Waals surface area contributed by atoms with Crippen LogP contribution in [0.1, 0.15) is 24.4 Å². The van der Waals surface area contributed by atoms with E-state index in [1.165, 1.54) is 0 Å². The lowest BCUT2D eigenvalue weighted by atomic mass is 9.83. The number of hydrogen-bond acceptors (Lipinski definition) is 7. The van der Waals surface area contributed by atoms with Gasteiger partial charge in [-0.3, -0.25) is 9.59 Å². The van der Waals surface area contributed by atoms with Crippen LogP contribution in [0.25, 0.3) is 0 Å². The van der Waals surface area contributed by atoms with Gasteiger partial charge in [0.2, 0.25) is 11.8 Å². The van der Waals surface area contributed by atoms with E-state index in [2.05, 4.69) is 5.32 Å². The highest BCUT2D eigenvalue weighted by Crippen LogP contribution is 2.43. The minimum Gasteiger partial charge on any atom is -0.497 e. The second-order valence-corrected chi connectivity index (χ2v) is 9.01. The van der Waals surface area contributed by atoms with Gasteiger partial charge in [-0.1, -0.05) is 6.07 Å². The number of benzene rings is 3. The lowest BCUT2D eigenvalue weighted by molar-refractivity contribution is -0.125. The summed E-state index contributed by atoms with van der Waals surface area (Å²) in [5, 5.41) is 3.03. The number of nitrogens with one attached hydrogen (secondary N) is 1. The highest BCUT2D eigenvalue weighted by atomic mass is 16.6. The number of methoxy groups -OCH3 is 3. The molecule has 38 heavy (non-hydrogen) atoms. The van der Waals surface area contributed by atoms with Gasteiger partial charge in [-0.05, 0) is 60.5 Å². The summed E-state index contributed by atoms with van der Waals surface area (Å²) in [6.07, 6.45) is 0.621. The molecule has 1 N–H and O–H groups in total. The summed E-state index contributed by atoms with van der Waals surface area (Å²) < 4.78 is 27.5. The van der Waals surface area contributed by atoms with E-state index < -0.39 is 12.0 Å². The Kier molecular flexibility index (Phi) is 7.26. The lowest BCUT2D eigenvalue weighted by Gasteiger charge is -2.41. The summed E-state index contributed by atoms with van der Waals surface area (Å²) in [6, 6.07) is 17.5. The van der Waals surface area contributed by atoms with Gasteiger partial charge in [-0.25, -0.2) is 0 Å². The third-order valence-corrected chi connectivity index (χ3v) is 6.84. The third-order valence-electron chi connectivity index (χ3n) is 6.84. The van der Waals surface area contributed by atoms with Gasteiger partial charge in [0.25, 0.3) is 0 Å². The number of ether oxygens (including phenoxy) is 5. The number of carbonyl (C=O) groups excluding carboxylic acids is 2. The maximum Gasteiger partial charge on any atom is 0.229 e. The van der Waals surface area contributed by atoms with Crippen LogP contribution in [0, 0.1) is 5.92 Å². The molecule has 5 rings (SSSR count). The topological polar surface area (TPSA) is 95.6 Å². The molecule has 2 heterocycles. The summed E-state index contributed by atoms with van der Waals surface area (Å²) in [7, 11) is 4.71. The Labute approximate surface area is 221 Å². The van der Waals surface area contributed by atoms with Crippen molar-refractivity contribution in [1.29, 1.82) is 0 Å². The Morgan fingerprint density at radius 1 is 0.868 bits per heavy atom. The molecular formula is C29H30N2O7. The van der Waals surface area contributed by atoms with Gasteiger partial charge < -0.3 is 33.9 Å². The molecule has 2 amide bonds. The predicted molar refractivity (Wildman–Crippen MR) is 142 cm³/mol. The Balaban J connectivity index is 1.52. The van der Waals surface area contributed by atoms with Gasteiger partial charge in [0.1, 0.15) is 19.0 Å². The molecule has 0 radical (unpaired) electrons. The summed E-state index contributed by atoms with van der Waals surface area (Å²) >= 11 is 0. The molecular weight excluding hydrogens is 488 g/mol. The van der Waals surface area contributed by atoms with Crippen molar-refractivity contribution in [2.24, 2.45) is 5.92 Å². The SMILES string of the molecule is COc1ccc(N2C(=O)CC[C@H](C(=O)Nc3ccc4c(c3)OCCO4)[C@@H]2c2ccc(OC)c(OC)c2)cc1. The zero-order valence-corrected chi connectivity index (χ0v) is 21.6. The van der Waals surface area contributed by atoms with Crippen molar-refractivity contribution >= 4 is 23.2 Å². The van der Waals surface area contributed by atoms with Crippen LogP contribution in [0.3, 0.4) is 0 Å². The van der Waals surface area contributed by atoms with Crippen molar-refractivity contribution in [3.05, 3.63) is 66.2 Å². The maximum absolute atomic E-state index is 13.8. The van der Waals surface area contributed by atoms with Crippen LogP contribution in [-0.2, 0) is 9.59 Å². The molecule has 2 aliphatic heterocycles. The summed E-state index contributed by atoms with van der Waals surface area (Å²) in [6.45, 7) is 0.941. The lowest BCUT2D eigenvalue weighted by Crippen LogP contribution is -2.47. The van der Waals surface area contributed by atoms with Crippen LogP contribution in [0.4, 0.5) is 11.4 Å². The van der Waals surface area contributed by atoms with Gasteiger partial charge in [0.15, 0.2) is 23.0 Å². The second-order valence-electron chi connectivity index (χ2n) is 9.01. The Morgan fingerprint density at radius 3 is 2.32 bits per heavy atom. The van der Waals surface area contributed by atoms with Crippen LogP contribution in [-0.4, -0.2) is 46.4 Å². The van der Waals surface area contributed by atoms with Gasteiger partial charge in [-0.15, -0.1) is 0 Å². The molecule has 2 atom stereocenters. The molecule has 198 valence electrons. The molecule has 0 aliphatic carbocycles. The van der Waals surface area contributed by atoms with Gasteiger partial charge in [0.05, 0.1) is 33.3 Å². The number of carbonyl (C=O) groups is 2. The molecule has 0 spiro atoms. The summed E-state index contributed by atoms with van der Waals surface area (Å²) in [5.74, 6) is 2.17. The first-order valence-electron chi connectivity index (χ1n) is 12.4. The normalized spacial score (nSPS) is 18.5. The first-order chi connectivity index (χ1) is 18.5. The van der Waals surface area contributed by atoms with Crippen molar-refractivity contribution < 1.29 is 33.3 Å². The molecule has 0 unspecified atom stereocenters. The number of rotatable bonds is 7. The van der Waals surface area contributed by atoms with Crippen molar-refractivity contribution in [2.45, 2.75) is 18.9 Å². The molecule has 3 aromatic carbocycles. The van der Waals surface area contributed by atoms with E-state index >= 15 is 0 Å². The Bertz CT molecular complexity index is 1330. The fourth-order valence-electron chi connectivity index (χ4n) is 4.99. The minimum atomic E-state index is -0.582. The molecule has 2 aliphatic rings. The number of nitrogens with zero attached hydrogens (tertiary/aromatic N) is 1. The number of piperidine rings is 1. The summed E-state index contributed by atoms with van der Waals surface area (Å²) in [4.78, 5) is 28.9. The number of anilines is 2. The largest absolute Gasteiger partial charge is 0.497 e. The average Bonchev–Trinajstić information content (AvgIpc) is 2.96. The van der Waals surface area contributed by atoms with Crippen LogP contribution in [0.2, 0.25) is 0 Å². The van der Waals surface area contributed by atoms with Crippen molar-refractivity contribution in [1.82, 2.24) is 0 Å². The minimum absolute atomic E-state index is 0.0710. The van der Waals surface area contributed by atoms with E-state index in [1.807, 2.05) is 24.3 Å². The molecule has 1 fully saturated rings. The summed E-state index contributed by atoms with van der Waals surface area (Å²) in [5.41, 5.74) is 2.03. The molecule has 9 heteroatoms. The zero-order chi connectivity index (χ0) is 26.6. The predicted octanol–water partition coefficient (Wildman–Crippen LogP) is 4.61. The zero-order valence-electron chi connectivity index (χ0n) is 21.6. The molecule has 3 aromatic rings. The highest BCUT2D eigenvalue weighted by molar-refractivity contribution is 6.00. The smallest absolute Gasteiger partial charge is 0.229 e. The van der Waals surface area contributed by atoms with Crippen LogP contribution in [0.15, 0.2) is 60.7 Å². The van der Waals surface area contributed by atoms with Gasteiger partial charge in [-0.2, -0.15) is 0 Å². The van der Waals surface area contributed by atoms with Crippen LogP contribution in [0.5, 0.6) is 28.7 Å². The molecule has 0 saturated carbocycles. The quantitative estimate of drug-likeness (QED) is 0.488. The maximum atomic E-state index is 13.8. The monoisotopic (exact) mass is 518 g/mol. The van der Waals surface area contributed by atoms with Gasteiger partial charge >= 0.3 is 0 Å². The first kappa shape index (κ1) is 25.3. The van der Waals surface area contributed by atoms with Crippen LogP contribution < -0.4 is 33.9 Å². The number of amides is 2. The van der Waals surface area contributed by atoms with E-state index in [4.69, 9.17) is 23.7 Å². The number of hydrogen-bond donors (Lipinski definition) is 1. The van der Waals surface area contributed by atoms with Gasteiger partial charge in [0, 0.05) is 23.9 Å². The van der Waals surface area contributed by atoms with Crippen molar-refractivity contribution in [3.8, 4) is 28.7 Å². The standard InChI is InChI=1S/C29H30N2O7/c1-34-21-8-6-20(7-9-21)31-27(32)13-10-22(28(31)18-4-11-23(35-2)25(16-18)36-3)29(33)30-19-5-12-24-26(17-19)38-15-14-37-24/h4-9,11-12,16-17,22,28H,10,13-15H2,1-3H3,(H,30,33)/t22-,28-/m0/s1. The van der Waals surface area contributed by atoms with E-state index in [9.17, 15) is 9.59 Å². The fraction of sp³-hybridized carbons (Fsp3) is 0.310. The first-order valence-corrected chi connectivity index (χ1v) is 12.4. The van der Waals surface area contributed by atoms with E-state index in [0.29, 0.717) is 59.8 Å². The highest BCUT2D eigenvalue weighted by Gasteiger charge is 2.42. The molecule has 0 bridgehead atoms. The fourth-order valence-corrected chi connectivity index (χ4v) is 4.99. The van der Waals surface area contributed by atoms with E-state index in [1.54, 1.807) is 62.6 Å². The molecule has 0 aromatic heterocycles. The van der Waals surface area contributed by atoms with Crippen molar-refractivity contribution in [2.75, 3.05) is 44.8 Å². The Hall–Kier alpha value is -4.40. The third kappa shape index (κ3) is 4.91. The number of fused-ring (bicyclic) bond motifs is 1. The second kappa shape index (κ2) is 10.9. The Morgan fingerprint density at radius 2 is 1.61 bits per heavy atom. The van der Waals surface area contributed by atoms with Crippen LogP contribution >= 0.6 is 0 Å². The molecule has 1 saturated heterocycles. The van der Waals surface area contributed by atoms with E-state index in [0.717, 1.165) is 5.56 Å². The van der Waals surface area contributed by atoms with Crippen molar-refractivity contribution in [3.63, 3.8) is 0 Å². The average molecular weight is 519 g/mol. The molecule has 9 nitrogen and oxygen atoms in total.